The third-order valence-electron chi connectivity index (χ3n) is 4.52. The van der Waals surface area contributed by atoms with Crippen LogP contribution in [0.2, 0.25) is 0 Å². The van der Waals surface area contributed by atoms with Crippen LogP contribution in [0.5, 0.6) is 0 Å². The number of anilines is 4. The third-order valence-corrected chi connectivity index (χ3v) is 4.52. The molecule has 0 aliphatic heterocycles. The first-order chi connectivity index (χ1) is 14.3. The van der Waals surface area contributed by atoms with Crippen molar-refractivity contribution in [3.8, 4) is 11.1 Å². The molecule has 0 saturated heterocycles. The van der Waals surface area contributed by atoms with E-state index in [-0.39, 0.29) is 0 Å². The number of nitrogens with two attached hydrogens (primary N) is 1. The first-order valence-corrected chi connectivity index (χ1v) is 9.60. The summed E-state index contributed by atoms with van der Waals surface area (Å²) in [6, 6.07) is 28.3. The van der Waals surface area contributed by atoms with Gasteiger partial charge in [0.2, 0.25) is 0 Å². The van der Waals surface area contributed by atoms with E-state index in [2.05, 4.69) is 44.9 Å². The number of nitrogens with one attached hydrogen (secondary N) is 2. The Bertz CT molecular complexity index is 1060. The van der Waals surface area contributed by atoms with E-state index < -0.39 is 0 Å². The molecule has 0 aliphatic rings. The van der Waals surface area contributed by atoms with Crippen molar-refractivity contribution in [2.75, 3.05) is 22.9 Å². The van der Waals surface area contributed by atoms with Crippen LogP contribution in [0.1, 0.15) is 5.69 Å². The number of aromatic nitrogens is 2. The first kappa shape index (κ1) is 18.5. The van der Waals surface area contributed by atoms with Gasteiger partial charge in [-0.3, -0.25) is 4.98 Å². The van der Waals surface area contributed by atoms with Gasteiger partial charge in [0.05, 0.1) is 0 Å². The third kappa shape index (κ3) is 5.11. The Morgan fingerprint density at radius 3 is 2.41 bits per heavy atom. The number of hydrogen-bond donors (Lipinski definition) is 3. The van der Waals surface area contributed by atoms with Crippen LogP contribution in [0.15, 0.2) is 91.1 Å². The summed E-state index contributed by atoms with van der Waals surface area (Å²) in [4.78, 5) is 8.71. The molecule has 4 aromatic rings. The zero-order chi connectivity index (χ0) is 19.9. The van der Waals surface area contributed by atoms with Gasteiger partial charge in [0.15, 0.2) is 0 Å². The summed E-state index contributed by atoms with van der Waals surface area (Å²) in [6.07, 6.45) is 2.62. The molecular weight excluding hydrogens is 358 g/mol. The molecule has 0 radical (unpaired) electrons. The second kappa shape index (κ2) is 8.89. The van der Waals surface area contributed by atoms with Crippen molar-refractivity contribution < 1.29 is 0 Å². The zero-order valence-electron chi connectivity index (χ0n) is 16.0. The van der Waals surface area contributed by atoms with Gasteiger partial charge in [-0.25, -0.2) is 4.98 Å². The van der Waals surface area contributed by atoms with Gasteiger partial charge in [0.25, 0.3) is 0 Å². The Balaban J connectivity index is 1.45. The van der Waals surface area contributed by atoms with Crippen LogP contribution in [-0.4, -0.2) is 16.5 Å². The molecule has 0 amide bonds. The van der Waals surface area contributed by atoms with Crippen molar-refractivity contribution >= 4 is 23.0 Å². The SMILES string of the molecule is Nc1cc(Nc2cccc(-c3ccccc3)c2)cc(NCCc2ccccn2)n1. The summed E-state index contributed by atoms with van der Waals surface area (Å²) < 4.78 is 0. The number of rotatable bonds is 7. The fraction of sp³-hybridized carbons (Fsp3) is 0.0833. The van der Waals surface area contributed by atoms with Crippen LogP contribution >= 0.6 is 0 Å². The highest BCUT2D eigenvalue weighted by Crippen LogP contribution is 2.26. The molecule has 5 heteroatoms. The van der Waals surface area contributed by atoms with Crippen molar-refractivity contribution in [3.63, 3.8) is 0 Å². The molecule has 2 aromatic heterocycles. The average molecular weight is 381 g/mol. The quantitative estimate of drug-likeness (QED) is 0.414. The number of pyridine rings is 2. The Morgan fingerprint density at radius 2 is 1.59 bits per heavy atom. The van der Waals surface area contributed by atoms with E-state index in [4.69, 9.17) is 5.73 Å². The van der Waals surface area contributed by atoms with Gasteiger partial charge < -0.3 is 16.4 Å². The van der Waals surface area contributed by atoms with Crippen molar-refractivity contribution in [1.82, 2.24) is 9.97 Å². The fourth-order valence-corrected chi connectivity index (χ4v) is 3.15. The molecule has 0 fully saturated rings. The van der Waals surface area contributed by atoms with Crippen molar-refractivity contribution in [1.29, 1.82) is 0 Å². The van der Waals surface area contributed by atoms with E-state index in [0.29, 0.717) is 5.82 Å². The highest BCUT2D eigenvalue weighted by atomic mass is 15.0. The second-order valence-corrected chi connectivity index (χ2v) is 6.74. The van der Waals surface area contributed by atoms with E-state index in [1.807, 2.05) is 60.7 Å². The van der Waals surface area contributed by atoms with Crippen molar-refractivity contribution in [2.45, 2.75) is 6.42 Å². The molecule has 144 valence electrons. The van der Waals surface area contributed by atoms with Crippen LogP contribution in [0, 0.1) is 0 Å². The van der Waals surface area contributed by atoms with E-state index in [1.165, 1.54) is 5.56 Å². The van der Waals surface area contributed by atoms with Crippen LogP contribution in [0.25, 0.3) is 11.1 Å². The van der Waals surface area contributed by atoms with Crippen molar-refractivity contribution in [2.24, 2.45) is 0 Å². The summed E-state index contributed by atoms with van der Waals surface area (Å²) in [7, 11) is 0. The molecular formula is C24H23N5. The maximum Gasteiger partial charge on any atom is 0.130 e. The minimum Gasteiger partial charge on any atom is -0.384 e. The number of nitrogen functional groups attached to an aromatic ring is 1. The molecule has 0 aliphatic carbocycles. The Labute approximate surface area is 170 Å². The van der Waals surface area contributed by atoms with E-state index in [9.17, 15) is 0 Å². The molecule has 29 heavy (non-hydrogen) atoms. The normalized spacial score (nSPS) is 10.5. The van der Waals surface area contributed by atoms with Gasteiger partial charge in [-0.15, -0.1) is 0 Å². The lowest BCUT2D eigenvalue weighted by Gasteiger charge is -2.12. The summed E-state index contributed by atoms with van der Waals surface area (Å²) in [5.74, 6) is 1.21. The molecule has 2 aromatic carbocycles. The lowest BCUT2D eigenvalue weighted by Crippen LogP contribution is -2.08. The summed E-state index contributed by atoms with van der Waals surface area (Å²) in [5, 5.41) is 6.76. The van der Waals surface area contributed by atoms with Gasteiger partial charge in [0, 0.05) is 48.4 Å². The highest BCUT2D eigenvalue weighted by molar-refractivity contribution is 5.72. The van der Waals surface area contributed by atoms with Gasteiger partial charge >= 0.3 is 0 Å². The summed E-state index contributed by atoms with van der Waals surface area (Å²) >= 11 is 0. The van der Waals surface area contributed by atoms with Crippen LogP contribution in [0.3, 0.4) is 0 Å². The van der Waals surface area contributed by atoms with Crippen LogP contribution < -0.4 is 16.4 Å². The van der Waals surface area contributed by atoms with E-state index >= 15 is 0 Å². The predicted octanol–water partition coefficient (Wildman–Crippen LogP) is 5.12. The molecule has 5 nitrogen and oxygen atoms in total. The smallest absolute Gasteiger partial charge is 0.130 e. The maximum absolute atomic E-state index is 6.01. The number of nitrogens with zero attached hydrogens (tertiary/aromatic N) is 2. The molecule has 2 heterocycles. The topological polar surface area (TPSA) is 75.9 Å². The average Bonchev–Trinajstić information content (AvgIpc) is 2.75. The maximum atomic E-state index is 6.01. The number of benzene rings is 2. The zero-order valence-corrected chi connectivity index (χ0v) is 16.0. The largest absolute Gasteiger partial charge is 0.384 e. The van der Waals surface area contributed by atoms with E-state index in [0.717, 1.165) is 41.4 Å². The second-order valence-electron chi connectivity index (χ2n) is 6.74. The minimum atomic E-state index is 0.467. The van der Waals surface area contributed by atoms with E-state index in [1.54, 1.807) is 6.20 Å². The molecule has 0 atom stereocenters. The van der Waals surface area contributed by atoms with Crippen LogP contribution in [-0.2, 0) is 6.42 Å². The fourth-order valence-electron chi connectivity index (χ4n) is 3.15. The predicted molar refractivity (Wildman–Crippen MR) is 120 cm³/mol. The van der Waals surface area contributed by atoms with Crippen LogP contribution in [0.4, 0.5) is 23.0 Å². The number of hydrogen-bond acceptors (Lipinski definition) is 5. The Kier molecular flexibility index (Phi) is 5.67. The first-order valence-electron chi connectivity index (χ1n) is 9.60. The van der Waals surface area contributed by atoms with Crippen molar-refractivity contribution in [3.05, 3.63) is 96.8 Å². The molecule has 0 spiro atoms. The molecule has 4 N–H and O–H groups in total. The Hall–Kier alpha value is -3.86. The standard InChI is InChI=1S/C24H23N5/c25-23-16-22(17-24(29-23)27-14-12-20-10-4-5-13-26-20)28-21-11-6-9-19(15-21)18-7-2-1-3-8-18/h1-11,13,15-17H,12,14H2,(H4,25,27,28,29). The molecule has 0 bridgehead atoms. The molecule has 0 unspecified atom stereocenters. The minimum absolute atomic E-state index is 0.467. The van der Waals surface area contributed by atoms with Gasteiger partial charge in [0.1, 0.15) is 11.6 Å². The molecule has 0 saturated carbocycles. The van der Waals surface area contributed by atoms with Gasteiger partial charge in [-0.2, -0.15) is 0 Å². The monoisotopic (exact) mass is 381 g/mol. The van der Waals surface area contributed by atoms with Gasteiger partial charge in [-0.05, 0) is 35.4 Å². The lowest BCUT2D eigenvalue weighted by atomic mass is 10.1. The summed E-state index contributed by atoms with van der Waals surface area (Å²) in [6.45, 7) is 0.733. The highest BCUT2D eigenvalue weighted by Gasteiger charge is 2.04. The van der Waals surface area contributed by atoms with Gasteiger partial charge in [-0.1, -0.05) is 48.5 Å². The summed E-state index contributed by atoms with van der Waals surface area (Å²) in [5.41, 5.74) is 11.3. The lowest BCUT2D eigenvalue weighted by molar-refractivity contribution is 0.954. The Morgan fingerprint density at radius 1 is 0.759 bits per heavy atom. The molecule has 4 rings (SSSR count).